The summed E-state index contributed by atoms with van der Waals surface area (Å²) in [4.78, 5) is 85.2. The molecule has 17 nitrogen and oxygen atoms in total. The van der Waals surface area contributed by atoms with Gasteiger partial charge in [0.15, 0.2) is 5.82 Å². The summed E-state index contributed by atoms with van der Waals surface area (Å²) in [6, 6.07) is 7.45. The van der Waals surface area contributed by atoms with Crippen LogP contribution in [0.1, 0.15) is 145 Å². The molecule has 2 aromatic carbocycles. The fraction of sp³-hybridized carbons (Fsp3) is 0.529. The Hall–Kier alpha value is -6.50. The molecular formula is C51H64F2N10O7. The lowest BCUT2D eigenvalue weighted by Crippen LogP contribution is -2.54. The summed E-state index contributed by atoms with van der Waals surface area (Å²) in [5, 5.41) is 16.4. The average molecular weight is 967 g/mol. The predicted molar refractivity (Wildman–Crippen MR) is 261 cm³/mol. The van der Waals surface area contributed by atoms with Crippen LogP contribution in [0.15, 0.2) is 41.4 Å². The van der Waals surface area contributed by atoms with Gasteiger partial charge in [0.2, 0.25) is 17.7 Å². The lowest BCUT2D eigenvalue weighted by molar-refractivity contribution is -0.136. The molecular weight excluding hydrogens is 903 g/mol. The Labute approximate surface area is 406 Å². The van der Waals surface area contributed by atoms with Crippen molar-refractivity contribution >= 4 is 64.5 Å². The summed E-state index contributed by atoms with van der Waals surface area (Å²) in [6.45, 7) is 3.96. The summed E-state index contributed by atoms with van der Waals surface area (Å²) >= 11 is 0. The summed E-state index contributed by atoms with van der Waals surface area (Å²) in [7, 11) is 3.22. The highest BCUT2D eigenvalue weighted by Crippen LogP contribution is 2.43. The van der Waals surface area contributed by atoms with Crippen molar-refractivity contribution in [2.75, 3.05) is 63.7 Å². The molecule has 3 aromatic rings. The summed E-state index contributed by atoms with van der Waals surface area (Å²) in [6.07, 6.45) is 10.6. The molecule has 1 aromatic heterocycles. The molecule has 0 saturated carbocycles. The van der Waals surface area contributed by atoms with Crippen molar-refractivity contribution in [2.45, 2.75) is 121 Å². The topological polar surface area (TPSA) is 200 Å². The van der Waals surface area contributed by atoms with Crippen molar-refractivity contribution in [2.24, 2.45) is 4.99 Å². The minimum Gasteiger partial charge on any atom is -0.384 e. The van der Waals surface area contributed by atoms with Gasteiger partial charge in [-0.3, -0.25) is 43.9 Å². The Morgan fingerprint density at radius 3 is 2.47 bits per heavy atom. The number of aryl methyl sites for hydroxylation is 1. The first kappa shape index (κ1) is 49.9. The van der Waals surface area contributed by atoms with Crippen LogP contribution in [0.3, 0.4) is 0 Å². The highest BCUT2D eigenvalue weighted by molar-refractivity contribution is 6.25. The van der Waals surface area contributed by atoms with Crippen LogP contribution in [0.4, 0.5) is 30.8 Å². The number of urea groups is 1. The standard InChI is InChI=1S/C51H64F2N10O7/c1-54-30-33(12-9-16-43(64)57-23-8-6-4-3-5-7-22-56-39-15-10-14-35-45(39)50(68)62(49(35)67)41-17-18-44(65)58-48(41)66)36-28-32-13-11-24-61(42(32)29-37(36)46(52)53)47-38-31-60(51(69)55-2)25-19-40(38)63(59-47)34-20-26-70-27-21-34/h10,12,14-15,28-30,34,41,46,56H,3-9,11,13,16-27,31H2,1-2H3,(H,55,69)(H,57,64)(H,58,65,66)/b33-12+,54-30-. The van der Waals surface area contributed by atoms with Crippen LogP contribution in [0.5, 0.6) is 0 Å². The number of nitrogens with zero attached hydrogens (tertiary/aromatic N) is 6. The number of nitrogens with one attached hydrogen (secondary N) is 4. The number of ether oxygens (including phenoxy) is 1. The van der Waals surface area contributed by atoms with Crippen molar-refractivity contribution in [3.8, 4) is 0 Å². The van der Waals surface area contributed by atoms with E-state index in [0.717, 1.165) is 79.5 Å². The van der Waals surface area contributed by atoms with Gasteiger partial charge >= 0.3 is 6.03 Å². The Balaban J connectivity index is 0.807. The van der Waals surface area contributed by atoms with Crippen molar-refractivity contribution < 1.29 is 42.3 Å². The third-order valence-corrected chi connectivity index (χ3v) is 14.0. The van der Waals surface area contributed by atoms with E-state index in [1.165, 1.54) is 0 Å². The van der Waals surface area contributed by atoms with Gasteiger partial charge < -0.3 is 30.5 Å². The van der Waals surface area contributed by atoms with Crippen LogP contribution >= 0.6 is 0 Å². The number of piperidine rings is 1. The van der Waals surface area contributed by atoms with Crippen molar-refractivity contribution in [3.63, 3.8) is 0 Å². The van der Waals surface area contributed by atoms with Crippen LogP contribution in [-0.2, 0) is 38.5 Å². The number of benzene rings is 2. The zero-order valence-corrected chi connectivity index (χ0v) is 40.1. The SMILES string of the molecule is C/N=C\C(=C/CCC(=O)NCCCCCCCCNc1cccc2c1C(=O)N(C1CCC(=O)NC1=O)C2=O)c1cc2c(cc1C(F)F)N(c1nn(C3CCOCC3)c3c1CN(C(=O)NC)CC3)CCC2. The number of carbonyl (C=O) groups is 6. The molecule has 8 rings (SSSR count). The molecule has 19 heteroatoms. The molecule has 0 spiro atoms. The normalized spacial score (nSPS) is 18.6. The van der Waals surface area contributed by atoms with Gasteiger partial charge in [0.1, 0.15) is 6.04 Å². The number of carbonyl (C=O) groups excluding carboxylic acids is 6. The van der Waals surface area contributed by atoms with E-state index in [0.29, 0.717) is 93.5 Å². The fourth-order valence-electron chi connectivity index (χ4n) is 10.4. The number of hydrogen-bond acceptors (Lipinski definition) is 11. The number of allylic oxidation sites excluding steroid dienone is 2. The van der Waals surface area contributed by atoms with Gasteiger partial charge in [-0.25, -0.2) is 13.6 Å². The largest absolute Gasteiger partial charge is 0.384 e. The summed E-state index contributed by atoms with van der Waals surface area (Å²) < 4.78 is 38.0. The van der Waals surface area contributed by atoms with Gasteiger partial charge in [-0.1, -0.05) is 37.8 Å². The van der Waals surface area contributed by atoms with Crippen LogP contribution in [-0.4, -0.2) is 121 Å². The van der Waals surface area contributed by atoms with Gasteiger partial charge in [0.25, 0.3) is 18.2 Å². The second kappa shape index (κ2) is 22.9. The number of aromatic nitrogens is 2. The molecule has 2 saturated heterocycles. The monoisotopic (exact) mass is 966 g/mol. The van der Waals surface area contributed by atoms with Crippen LogP contribution in [0.25, 0.3) is 5.57 Å². The molecule has 70 heavy (non-hydrogen) atoms. The number of alkyl halides is 2. The number of fused-ring (bicyclic) bond motifs is 3. The molecule has 0 bridgehead atoms. The Bertz CT molecular complexity index is 2540. The number of amides is 7. The fourth-order valence-corrected chi connectivity index (χ4v) is 10.4. The number of rotatable bonds is 19. The van der Waals surface area contributed by atoms with E-state index in [-0.39, 0.29) is 53.9 Å². The van der Waals surface area contributed by atoms with Gasteiger partial charge in [0.05, 0.1) is 23.7 Å². The Morgan fingerprint density at radius 1 is 0.957 bits per heavy atom. The molecule has 1 atom stereocenters. The highest BCUT2D eigenvalue weighted by Gasteiger charge is 2.45. The molecule has 0 aliphatic carbocycles. The van der Waals surface area contributed by atoms with Crippen molar-refractivity contribution in [1.82, 2.24) is 35.5 Å². The van der Waals surface area contributed by atoms with E-state index in [2.05, 4.69) is 35.8 Å². The first-order valence-corrected chi connectivity index (χ1v) is 24.8. The number of hydrogen-bond donors (Lipinski definition) is 4. The van der Waals surface area contributed by atoms with Crippen LogP contribution in [0, 0.1) is 0 Å². The highest BCUT2D eigenvalue weighted by atomic mass is 19.3. The molecule has 374 valence electrons. The van der Waals surface area contributed by atoms with E-state index in [4.69, 9.17) is 9.84 Å². The maximum atomic E-state index is 15.1. The lowest BCUT2D eigenvalue weighted by atomic mass is 9.91. The molecule has 6 heterocycles. The molecule has 0 radical (unpaired) electrons. The molecule has 5 aliphatic rings. The number of unbranched alkanes of at least 4 members (excludes halogenated alkanes) is 5. The zero-order chi connectivity index (χ0) is 49.3. The zero-order valence-electron chi connectivity index (χ0n) is 40.1. The van der Waals surface area contributed by atoms with Crippen molar-refractivity contribution in [1.29, 1.82) is 0 Å². The van der Waals surface area contributed by atoms with E-state index < -0.39 is 36.1 Å². The van der Waals surface area contributed by atoms with E-state index in [1.807, 2.05) is 12.1 Å². The maximum absolute atomic E-state index is 15.1. The van der Waals surface area contributed by atoms with E-state index >= 15 is 8.78 Å². The first-order valence-electron chi connectivity index (χ1n) is 24.8. The van der Waals surface area contributed by atoms with Crippen LogP contribution in [0.2, 0.25) is 0 Å². The van der Waals surface area contributed by atoms with Gasteiger partial charge in [0, 0.05) is 107 Å². The molecule has 1 unspecified atom stereocenters. The first-order chi connectivity index (χ1) is 34.0. The van der Waals surface area contributed by atoms with Crippen molar-refractivity contribution in [3.05, 3.63) is 75.5 Å². The average Bonchev–Trinajstić information content (AvgIpc) is 3.87. The lowest BCUT2D eigenvalue weighted by Gasteiger charge is -2.33. The maximum Gasteiger partial charge on any atom is 0.317 e. The Kier molecular flexibility index (Phi) is 16.4. The van der Waals surface area contributed by atoms with Gasteiger partial charge in [-0.2, -0.15) is 5.10 Å². The number of anilines is 3. The second-order valence-electron chi connectivity index (χ2n) is 18.5. The van der Waals surface area contributed by atoms with E-state index in [1.54, 1.807) is 49.5 Å². The van der Waals surface area contributed by atoms with Gasteiger partial charge in [-0.05, 0) is 92.3 Å². The summed E-state index contributed by atoms with van der Waals surface area (Å²) in [5.74, 6) is -1.54. The minimum absolute atomic E-state index is 0.0609. The third-order valence-electron chi connectivity index (χ3n) is 14.0. The third kappa shape index (κ3) is 10.9. The molecule has 5 aliphatic heterocycles. The quantitative estimate of drug-likeness (QED) is 0.0564. The minimum atomic E-state index is -2.77. The smallest absolute Gasteiger partial charge is 0.317 e. The number of aliphatic imine (C=N–C) groups is 1. The molecule has 4 N–H and O–H groups in total. The van der Waals surface area contributed by atoms with Crippen LogP contribution < -0.4 is 26.2 Å². The Morgan fingerprint density at radius 2 is 1.73 bits per heavy atom. The second-order valence-corrected chi connectivity index (χ2v) is 18.5. The molecule has 7 amide bonds. The summed E-state index contributed by atoms with van der Waals surface area (Å²) in [5.41, 5.74) is 5.51. The number of imide groups is 2. The molecule has 2 fully saturated rings. The predicted octanol–water partition coefficient (Wildman–Crippen LogP) is 6.79. The van der Waals surface area contributed by atoms with Gasteiger partial charge in [-0.15, -0.1) is 0 Å². The van der Waals surface area contributed by atoms with E-state index in [9.17, 15) is 28.8 Å². The number of halogens is 2.